The Balaban J connectivity index is 1.17. The van der Waals surface area contributed by atoms with Crippen LogP contribution >= 0.6 is 0 Å². The van der Waals surface area contributed by atoms with Crippen molar-refractivity contribution >= 4 is 48.9 Å². The number of hydrogen-bond donors (Lipinski definition) is 0. The van der Waals surface area contributed by atoms with Gasteiger partial charge >= 0.3 is 0 Å². The van der Waals surface area contributed by atoms with E-state index in [9.17, 15) is 0 Å². The average Bonchev–Trinajstić information content (AvgIpc) is 3.53. The van der Waals surface area contributed by atoms with Gasteiger partial charge in [0, 0.05) is 21.8 Å². The SMILES string of the molecule is C=C/C(=C\C)c1ccc2cc(-c3ccc4c(ccc5c6ccc(-c7ccc(-c8ccccc8)cc7)cc6n(-c6ccccc6)c45)c3)ccc2c1. The van der Waals surface area contributed by atoms with E-state index in [2.05, 4.69) is 194 Å². The number of rotatable bonds is 6. The fourth-order valence-corrected chi connectivity index (χ4v) is 7.53. The van der Waals surface area contributed by atoms with E-state index in [4.69, 9.17) is 0 Å². The Bertz CT molecular complexity index is 2740. The fourth-order valence-electron chi connectivity index (χ4n) is 7.53. The third-order valence-electron chi connectivity index (χ3n) is 10.1. The van der Waals surface area contributed by atoms with Gasteiger partial charge in [-0.2, -0.15) is 0 Å². The predicted molar refractivity (Wildman–Crippen MR) is 216 cm³/mol. The highest BCUT2D eigenvalue weighted by atomic mass is 15.0. The van der Waals surface area contributed by atoms with Crippen molar-refractivity contribution in [2.24, 2.45) is 0 Å². The van der Waals surface area contributed by atoms with Crippen LogP contribution in [0.2, 0.25) is 0 Å². The molecule has 0 bridgehead atoms. The van der Waals surface area contributed by atoms with Crippen LogP contribution in [0.4, 0.5) is 0 Å². The standard InChI is InChI=1S/C49H35N/c1-3-33(4-2)37-19-20-39-30-40(22-21-38(39)29-37)41-23-26-45-43(31-41)25-28-47-46-27-24-42(32-48(46)50(49(45)47)44-13-9-6-10-14-44)36-17-15-35(16-18-36)34-11-7-5-8-12-34/h3-32H,1H2,2H3/b33-4+. The molecule has 0 saturated carbocycles. The molecule has 9 aromatic rings. The van der Waals surface area contributed by atoms with Crippen molar-refractivity contribution in [3.05, 3.63) is 194 Å². The van der Waals surface area contributed by atoms with Crippen molar-refractivity contribution in [2.75, 3.05) is 0 Å². The molecule has 0 aliphatic heterocycles. The molecule has 0 spiro atoms. The van der Waals surface area contributed by atoms with E-state index < -0.39 is 0 Å². The zero-order valence-electron chi connectivity index (χ0n) is 28.0. The number of aromatic nitrogens is 1. The van der Waals surface area contributed by atoms with Crippen molar-refractivity contribution in [3.63, 3.8) is 0 Å². The molecule has 0 aliphatic carbocycles. The lowest BCUT2D eigenvalue weighted by Gasteiger charge is -2.12. The van der Waals surface area contributed by atoms with Crippen molar-refractivity contribution in [2.45, 2.75) is 6.92 Å². The van der Waals surface area contributed by atoms with Crippen molar-refractivity contribution < 1.29 is 0 Å². The van der Waals surface area contributed by atoms with E-state index >= 15 is 0 Å². The van der Waals surface area contributed by atoms with Gasteiger partial charge in [-0.05, 0) is 104 Å². The van der Waals surface area contributed by atoms with Gasteiger partial charge in [0.1, 0.15) is 0 Å². The van der Waals surface area contributed by atoms with Crippen LogP contribution < -0.4 is 0 Å². The van der Waals surface area contributed by atoms with E-state index in [1.807, 2.05) is 6.08 Å². The molecule has 0 unspecified atom stereocenters. The second-order valence-electron chi connectivity index (χ2n) is 13.0. The van der Waals surface area contributed by atoms with Crippen LogP contribution in [-0.4, -0.2) is 4.57 Å². The summed E-state index contributed by atoms with van der Waals surface area (Å²) < 4.78 is 2.45. The smallest absolute Gasteiger partial charge is 0.0619 e. The number of fused-ring (bicyclic) bond motifs is 6. The molecule has 8 aromatic carbocycles. The van der Waals surface area contributed by atoms with Gasteiger partial charge in [-0.1, -0.05) is 152 Å². The summed E-state index contributed by atoms with van der Waals surface area (Å²) in [6, 6.07) is 62.1. The summed E-state index contributed by atoms with van der Waals surface area (Å²) in [6.07, 6.45) is 4.03. The Morgan fingerprint density at radius 2 is 0.980 bits per heavy atom. The van der Waals surface area contributed by atoms with Crippen molar-refractivity contribution in [1.82, 2.24) is 4.57 Å². The molecule has 0 fully saturated rings. The lowest BCUT2D eigenvalue weighted by Crippen LogP contribution is -1.94. The van der Waals surface area contributed by atoms with Crippen LogP contribution in [0.25, 0.3) is 88.0 Å². The maximum absolute atomic E-state index is 3.98. The molecule has 0 atom stereocenters. The van der Waals surface area contributed by atoms with E-state index in [1.165, 1.54) is 82.3 Å². The summed E-state index contributed by atoms with van der Waals surface area (Å²) in [6.45, 7) is 6.03. The maximum Gasteiger partial charge on any atom is 0.0619 e. The third kappa shape index (κ3) is 5.03. The predicted octanol–water partition coefficient (Wildman–Crippen LogP) is 13.7. The Hall–Kier alpha value is -6.44. The Labute approximate surface area is 292 Å². The minimum atomic E-state index is 1.15. The summed E-state index contributed by atoms with van der Waals surface area (Å²) in [7, 11) is 0. The molecule has 0 aliphatic rings. The summed E-state index contributed by atoms with van der Waals surface area (Å²) in [5.74, 6) is 0. The summed E-state index contributed by atoms with van der Waals surface area (Å²) in [5, 5.41) is 7.45. The van der Waals surface area contributed by atoms with Crippen LogP contribution in [-0.2, 0) is 0 Å². The van der Waals surface area contributed by atoms with Crippen LogP contribution in [0.15, 0.2) is 189 Å². The van der Waals surface area contributed by atoms with Gasteiger partial charge in [-0.25, -0.2) is 0 Å². The molecule has 0 amide bonds. The normalized spacial score (nSPS) is 11.9. The molecule has 236 valence electrons. The van der Waals surface area contributed by atoms with Gasteiger partial charge in [-0.15, -0.1) is 0 Å². The first kappa shape index (κ1) is 29.7. The quantitative estimate of drug-likeness (QED) is 0.160. The molecule has 1 heteroatoms. The lowest BCUT2D eigenvalue weighted by atomic mass is 9.96. The number of para-hydroxylation sites is 1. The molecule has 1 aromatic heterocycles. The third-order valence-corrected chi connectivity index (χ3v) is 10.1. The Morgan fingerprint density at radius 1 is 0.460 bits per heavy atom. The Kier molecular flexibility index (Phi) is 7.25. The molecular formula is C49H35N. The topological polar surface area (TPSA) is 4.93 Å². The first-order valence-electron chi connectivity index (χ1n) is 17.2. The van der Waals surface area contributed by atoms with E-state index in [0.717, 1.165) is 11.3 Å². The minimum Gasteiger partial charge on any atom is -0.309 e. The zero-order chi connectivity index (χ0) is 33.6. The zero-order valence-corrected chi connectivity index (χ0v) is 28.0. The largest absolute Gasteiger partial charge is 0.309 e. The Morgan fingerprint density at radius 3 is 1.70 bits per heavy atom. The summed E-state index contributed by atoms with van der Waals surface area (Å²) >= 11 is 0. The number of benzene rings is 8. The van der Waals surface area contributed by atoms with E-state index in [1.54, 1.807) is 0 Å². The fraction of sp³-hybridized carbons (Fsp3) is 0.0204. The lowest BCUT2D eigenvalue weighted by molar-refractivity contribution is 1.19. The van der Waals surface area contributed by atoms with Gasteiger partial charge in [0.15, 0.2) is 0 Å². The number of hydrogen-bond acceptors (Lipinski definition) is 0. The van der Waals surface area contributed by atoms with Gasteiger partial charge < -0.3 is 4.57 Å². The second-order valence-corrected chi connectivity index (χ2v) is 13.0. The maximum atomic E-state index is 3.98. The number of allylic oxidation sites excluding steroid dienone is 3. The molecule has 0 radical (unpaired) electrons. The minimum absolute atomic E-state index is 1.15. The van der Waals surface area contributed by atoms with Crippen molar-refractivity contribution in [3.8, 4) is 39.1 Å². The van der Waals surface area contributed by atoms with Gasteiger partial charge in [-0.3, -0.25) is 0 Å². The molecule has 0 saturated heterocycles. The van der Waals surface area contributed by atoms with Gasteiger partial charge in [0.2, 0.25) is 0 Å². The van der Waals surface area contributed by atoms with E-state index in [0.29, 0.717) is 0 Å². The van der Waals surface area contributed by atoms with Crippen LogP contribution in [0, 0.1) is 0 Å². The molecule has 9 rings (SSSR count). The summed E-state index contributed by atoms with van der Waals surface area (Å²) in [4.78, 5) is 0. The monoisotopic (exact) mass is 637 g/mol. The average molecular weight is 638 g/mol. The van der Waals surface area contributed by atoms with Crippen LogP contribution in [0.1, 0.15) is 12.5 Å². The van der Waals surface area contributed by atoms with Crippen LogP contribution in [0.5, 0.6) is 0 Å². The van der Waals surface area contributed by atoms with Crippen LogP contribution in [0.3, 0.4) is 0 Å². The highest BCUT2D eigenvalue weighted by Gasteiger charge is 2.17. The molecule has 1 nitrogen and oxygen atoms in total. The first-order chi connectivity index (χ1) is 24.7. The van der Waals surface area contributed by atoms with Gasteiger partial charge in [0.05, 0.1) is 11.0 Å². The summed E-state index contributed by atoms with van der Waals surface area (Å²) in [5.41, 5.74) is 13.3. The number of nitrogens with zero attached hydrogens (tertiary/aromatic N) is 1. The highest BCUT2D eigenvalue weighted by molar-refractivity contribution is 6.19. The van der Waals surface area contributed by atoms with Gasteiger partial charge in [0.25, 0.3) is 0 Å². The molecule has 50 heavy (non-hydrogen) atoms. The first-order valence-corrected chi connectivity index (χ1v) is 17.2. The molecule has 0 N–H and O–H groups in total. The molecular weight excluding hydrogens is 603 g/mol. The second kappa shape index (κ2) is 12.2. The van der Waals surface area contributed by atoms with E-state index in [-0.39, 0.29) is 0 Å². The highest BCUT2D eigenvalue weighted by Crippen LogP contribution is 2.40. The molecule has 1 heterocycles. The van der Waals surface area contributed by atoms with Crippen molar-refractivity contribution in [1.29, 1.82) is 0 Å².